The number of amides is 1. The van der Waals surface area contributed by atoms with Crippen molar-refractivity contribution in [3.05, 3.63) is 64.5 Å². The third-order valence-corrected chi connectivity index (χ3v) is 6.10. The number of piperidine rings is 1. The van der Waals surface area contributed by atoms with E-state index >= 15 is 0 Å². The number of ether oxygens (including phenoxy) is 2. The summed E-state index contributed by atoms with van der Waals surface area (Å²) >= 11 is 5.94. The Kier molecular flexibility index (Phi) is 7.97. The smallest absolute Gasteiger partial charge is 0.337 e. The van der Waals surface area contributed by atoms with E-state index in [1.807, 2.05) is 12.1 Å². The number of anilines is 1. The maximum absolute atomic E-state index is 13.1. The van der Waals surface area contributed by atoms with Crippen molar-refractivity contribution < 1.29 is 28.4 Å². The van der Waals surface area contributed by atoms with E-state index in [0.29, 0.717) is 41.9 Å². The first-order valence-corrected chi connectivity index (χ1v) is 11.7. The van der Waals surface area contributed by atoms with Crippen LogP contribution in [0.5, 0.6) is 0 Å². The molecule has 2 heterocycles. The van der Waals surface area contributed by atoms with Crippen LogP contribution in [0.2, 0.25) is 5.02 Å². The summed E-state index contributed by atoms with van der Waals surface area (Å²) < 4.78 is 14.9. The van der Waals surface area contributed by atoms with Gasteiger partial charge in [-0.1, -0.05) is 16.8 Å². The highest BCUT2D eigenvalue weighted by atomic mass is 35.5. The summed E-state index contributed by atoms with van der Waals surface area (Å²) in [6.45, 7) is 1.69. The maximum atomic E-state index is 13.1. The number of esters is 2. The number of rotatable bonds is 7. The fourth-order valence-corrected chi connectivity index (χ4v) is 4.18. The van der Waals surface area contributed by atoms with Crippen LogP contribution in [-0.2, 0) is 20.8 Å². The van der Waals surface area contributed by atoms with E-state index in [2.05, 4.69) is 20.4 Å². The zero-order valence-electron chi connectivity index (χ0n) is 19.8. The second-order valence-corrected chi connectivity index (χ2v) is 8.80. The van der Waals surface area contributed by atoms with Crippen LogP contribution in [0.25, 0.3) is 11.4 Å². The molecule has 188 valence electrons. The number of aromatic nitrogens is 2. The fraction of sp³-hybridized carbons (Fsp3) is 0.320. The van der Waals surface area contributed by atoms with E-state index in [1.54, 1.807) is 12.1 Å². The highest BCUT2D eigenvalue weighted by Crippen LogP contribution is 2.24. The molecule has 10 nitrogen and oxygen atoms in total. The second-order valence-electron chi connectivity index (χ2n) is 8.36. The SMILES string of the molecule is COC(=O)c1cc(NC(=O)C2CCCN(Cc3nc(-c4ccc(Cl)cc4)no3)C2)cc(C(=O)OC)c1. The molecule has 4 rings (SSSR count). The molecular formula is C25H25ClN4O6. The molecule has 1 unspecified atom stereocenters. The predicted octanol–water partition coefficient (Wildman–Crippen LogP) is 3.81. The topological polar surface area (TPSA) is 124 Å². The maximum Gasteiger partial charge on any atom is 0.337 e. The van der Waals surface area contributed by atoms with E-state index < -0.39 is 11.9 Å². The Hall–Kier alpha value is -3.76. The molecule has 1 fully saturated rings. The van der Waals surface area contributed by atoms with Crippen molar-refractivity contribution in [1.82, 2.24) is 15.0 Å². The number of nitrogens with zero attached hydrogens (tertiary/aromatic N) is 3. The molecule has 1 aliphatic rings. The van der Waals surface area contributed by atoms with E-state index in [-0.39, 0.29) is 23.0 Å². The van der Waals surface area contributed by atoms with Gasteiger partial charge in [-0.2, -0.15) is 4.98 Å². The molecule has 1 N–H and O–H groups in total. The first-order valence-electron chi connectivity index (χ1n) is 11.3. The Morgan fingerprint density at radius 1 is 1.08 bits per heavy atom. The van der Waals surface area contributed by atoms with Gasteiger partial charge in [0.1, 0.15) is 0 Å². The molecule has 1 aliphatic heterocycles. The first kappa shape index (κ1) is 25.3. The van der Waals surface area contributed by atoms with Gasteiger partial charge in [0.25, 0.3) is 0 Å². The minimum absolute atomic E-state index is 0.133. The number of hydrogen-bond donors (Lipinski definition) is 1. The van der Waals surface area contributed by atoms with Crippen molar-refractivity contribution in [2.75, 3.05) is 32.6 Å². The summed E-state index contributed by atoms with van der Waals surface area (Å²) in [6, 6.07) is 11.4. The number of carbonyl (C=O) groups excluding carboxylic acids is 3. The average molecular weight is 513 g/mol. The summed E-state index contributed by atoms with van der Waals surface area (Å²) in [5.41, 5.74) is 1.37. The molecule has 1 atom stereocenters. The van der Waals surface area contributed by atoms with Crippen LogP contribution in [0.1, 0.15) is 39.4 Å². The highest BCUT2D eigenvalue weighted by Gasteiger charge is 2.27. The molecule has 0 aliphatic carbocycles. The predicted molar refractivity (Wildman–Crippen MR) is 130 cm³/mol. The van der Waals surface area contributed by atoms with Crippen LogP contribution in [0.3, 0.4) is 0 Å². The second kappa shape index (κ2) is 11.3. The third-order valence-electron chi connectivity index (χ3n) is 5.85. The lowest BCUT2D eigenvalue weighted by Crippen LogP contribution is -2.40. The number of benzene rings is 2. The van der Waals surface area contributed by atoms with E-state index in [1.165, 1.54) is 32.4 Å². The first-order chi connectivity index (χ1) is 17.4. The Morgan fingerprint density at radius 3 is 2.39 bits per heavy atom. The number of methoxy groups -OCH3 is 2. The van der Waals surface area contributed by atoms with Gasteiger partial charge in [-0.3, -0.25) is 9.69 Å². The van der Waals surface area contributed by atoms with Gasteiger partial charge in [-0.25, -0.2) is 9.59 Å². The number of likely N-dealkylation sites (tertiary alicyclic amines) is 1. The highest BCUT2D eigenvalue weighted by molar-refractivity contribution is 6.30. The van der Waals surface area contributed by atoms with Crippen LogP contribution in [-0.4, -0.2) is 60.2 Å². The van der Waals surface area contributed by atoms with Gasteiger partial charge in [0.05, 0.1) is 37.8 Å². The lowest BCUT2D eigenvalue weighted by Gasteiger charge is -2.30. The Morgan fingerprint density at radius 2 is 1.75 bits per heavy atom. The largest absolute Gasteiger partial charge is 0.465 e. The molecule has 0 bridgehead atoms. The quantitative estimate of drug-likeness (QED) is 0.470. The molecule has 1 aromatic heterocycles. The minimum Gasteiger partial charge on any atom is -0.465 e. The van der Waals surface area contributed by atoms with Gasteiger partial charge >= 0.3 is 11.9 Å². The molecule has 0 radical (unpaired) electrons. The molecule has 11 heteroatoms. The molecule has 1 amide bonds. The van der Waals surface area contributed by atoms with Gasteiger partial charge in [-0.15, -0.1) is 0 Å². The minimum atomic E-state index is -0.627. The van der Waals surface area contributed by atoms with Gasteiger partial charge in [0.2, 0.25) is 17.6 Å². The zero-order chi connectivity index (χ0) is 25.7. The van der Waals surface area contributed by atoms with Crippen molar-refractivity contribution in [3.8, 4) is 11.4 Å². The van der Waals surface area contributed by atoms with Crippen LogP contribution in [0, 0.1) is 5.92 Å². The molecule has 36 heavy (non-hydrogen) atoms. The van der Waals surface area contributed by atoms with Crippen LogP contribution in [0.4, 0.5) is 5.69 Å². The Labute approximate surface area is 212 Å². The fourth-order valence-electron chi connectivity index (χ4n) is 4.06. The van der Waals surface area contributed by atoms with Gasteiger partial charge in [0.15, 0.2) is 0 Å². The van der Waals surface area contributed by atoms with Crippen molar-refractivity contribution in [2.45, 2.75) is 19.4 Å². The number of hydrogen-bond acceptors (Lipinski definition) is 9. The van der Waals surface area contributed by atoms with Crippen molar-refractivity contribution in [2.24, 2.45) is 5.92 Å². The van der Waals surface area contributed by atoms with Crippen molar-refractivity contribution in [3.63, 3.8) is 0 Å². The van der Waals surface area contributed by atoms with E-state index in [9.17, 15) is 14.4 Å². The zero-order valence-corrected chi connectivity index (χ0v) is 20.6. The van der Waals surface area contributed by atoms with E-state index in [0.717, 1.165) is 18.5 Å². The summed E-state index contributed by atoms with van der Waals surface area (Å²) in [5, 5.41) is 7.49. The number of carbonyl (C=O) groups is 3. The normalized spacial score (nSPS) is 15.8. The Balaban J connectivity index is 1.41. The van der Waals surface area contributed by atoms with Gasteiger partial charge in [0, 0.05) is 22.8 Å². The summed E-state index contributed by atoms with van der Waals surface area (Å²) in [7, 11) is 2.48. The van der Waals surface area contributed by atoms with E-state index in [4.69, 9.17) is 25.6 Å². The summed E-state index contributed by atoms with van der Waals surface area (Å²) in [4.78, 5) is 43.6. The number of nitrogens with one attached hydrogen (secondary N) is 1. The molecule has 0 spiro atoms. The third kappa shape index (κ3) is 6.07. The lowest BCUT2D eigenvalue weighted by atomic mass is 9.97. The van der Waals surface area contributed by atoms with Gasteiger partial charge in [-0.05, 0) is 61.9 Å². The molecule has 2 aromatic carbocycles. The monoisotopic (exact) mass is 512 g/mol. The molecule has 1 saturated heterocycles. The molecular weight excluding hydrogens is 488 g/mol. The molecule has 3 aromatic rings. The standard InChI is InChI=1S/C25H25ClN4O6/c1-34-24(32)17-10-18(25(33)35-2)12-20(11-17)27-23(31)16-4-3-9-30(13-16)14-21-28-22(29-36-21)15-5-7-19(26)8-6-15/h5-8,10-12,16H,3-4,9,13-14H2,1-2H3,(H,27,31). The summed E-state index contributed by atoms with van der Waals surface area (Å²) in [6.07, 6.45) is 1.51. The summed E-state index contributed by atoms with van der Waals surface area (Å²) in [5.74, 6) is -0.852. The van der Waals surface area contributed by atoms with Crippen molar-refractivity contribution >= 4 is 35.1 Å². The van der Waals surface area contributed by atoms with Crippen LogP contribution >= 0.6 is 11.6 Å². The van der Waals surface area contributed by atoms with Gasteiger partial charge < -0.3 is 19.3 Å². The Bertz CT molecular complexity index is 1230. The average Bonchev–Trinajstić information content (AvgIpc) is 3.36. The molecule has 0 saturated carbocycles. The lowest BCUT2D eigenvalue weighted by molar-refractivity contribution is -0.121. The van der Waals surface area contributed by atoms with Crippen molar-refractivity contribution in [1.29, 1.82) is 0 Å². The van der Waals surface area contributed by atoms with Crippen LogP contribution < -0.4 is 5.32 Å². The van der Waals surface area contributed by atoms with Crippen LogP contribution in [0.15, 0.2) is 47.0 Å². The number of halogens is 1.